The highest BCUT2D eigenvalue weighted by atomic mass is 32.2. The van der Waals surface area contributed by atoms with Crippen molar-refractivity contribution in [2.45, 2.75) is 19.9 Å². The molecule has 0 unspecified atom stereocenters. The van der Waals surface area contributed by atoms with Gasteiger partial charge in [-0.3, -0.25) is 4.79 Å². The van der Waals surface area contributed by atoms with Crippen molar-refractivity contribution in [1.82, 2.24) is 14.3 Å². The Bertz CT molecular complexity index is 519. The molecule has 0 saturated carbocycles. The molecule has 1 N–H and O–H groups in total. The van der Waals surface area contributed by atoms with Crippen LogP contribution in [0.4, 0.5) is 0 Å². The molecule has 7 nitrogen and oxygen atoms in total. The summed E-state index contributed by atoms with van der Waals surface area (Å²) in [7, 11) is 1.70. The van der Waals surface area contributed by atoms with Gasteiger partial charge in [0, 0.05) is 32.3 Å². The highest BCUT2D eigenvalue weighted by molar-refractivity contribution is 8.02. The van der Waals surface area contributed by atoms with E-state index in [1.165, 1.54) is 28.4 Å². The molecule has 25 heavy (non-hydrogen) atoms. The van der Waals surface area contributed by atoms with Gasteiger partial charge in [-0.05, 0) is 18.7 Å². The third-order valence-electron chi connectivity index (χ3n) is 2.85. The van der Waals surface area contributed by atoms with E-state index in [4.69, 9.17) is 14.7 Å². The van der Waals surface area contributed by atoms with Gasteiger partial charge in [-0.2, -0.15) is 0 Å². The molecule has 0 radical (unpaired) electrons. The van der Waals surface area contributed by atoms with Crippen LogP contribution in [0.25, 0.3) is 0 Å². The molecule has 0 atom stereocenters. The lowest BCUT2D eigenvalue weighted by molar-refractivity contribution is -0.411. The predicted molar refractivity (Wildman–Crippen MR) is 101 cm³/mol. The lowest BCUT2D eigenvalue weighted by atomic mass is 10.2. The van der Waals surface area contributed by atoms with Crippen molar-refractivity contribution in [2.24, 2.45) is 0 Å². The van der Waals surface area contributed by atoms with Crippen molar-refractivity contribution in [3.63, 3.8) is 0 Å². The zero-order chi connectivity index (χ0) is 18.5. The van der Waals surface area contributed by atoms with E-state index in [-0.39, 0.29) is 5.97 Å². The van der Waals surface area contributed by atoms with Crippen LogP contribution >= 0.6 is 23.9 Å². The Morgan fingerprint density at radius 1 is 1.32 bits per heavy atom. The average Bonchev–Trinajstić information content (AvgIpc) is 2.60. The Labute approximate surface area is 157 Å². The Morgan fingerprint density at radius 2 is 2.04 bits per heavy atom. The quantitative estimate of drug-likeness (QED) is 0.238. The number of hydrogen-bond acceptors (Lipinski definition) is 9. The predicted octanol–water partition coefficient (Wildman–Crippen LogP) is 3.14. The Hall–Kier alpha value is -1.23. The average molecular weight is 388 g/mol. The van der Waals surface area contributed by atoms with E-state index in [0.29, 0.717) is 31.1 Å². The van der Waals surface area contributed by atoms with Gasteiger partial charge >= 0.3 is 5.97 Å². The lowest BCUT2D eigenvalue weighted by Gasteiger charge is -2.24. The van der Waals surface area contributed by atoms with Crippen molar-refractivity contribution in [1.29, 1.82) is 0 Å². The minimum atomic E-state index is -0.223. The van der Waals surface area contributed by atoms with Gasteiger partial charge < -0.3 is 4.74 Å². The zero-order valence-electron chi connectivity index (χ0n) is 14.8. The monoisotopic (exact) mass is 387 g/mol. The van der Waals surface area contributed by atoms with Crippen molar-refractivity contribution in [3.05, 3.63) is 47.5 Å². The fourth-order valence-corrected chi connectivity index (χ4v) is 2.60. The van der Waals surface area contributed by atoms with E-state index in [2.05, 4.69) is 12.1 Å². The number of carbonyl (C=O) groups is 1. The summed E-state index contributed by atoms with van der Waals surface area (Å²) >= 11 is 2.70. The third-order valence-corrected chi connectivity index (χ3v) is 4.26. The molecule has 0 bridgehead atoms. The van der Waals surface area contributed by atoms with E-state index in [0.717, 1.165) is 5.56 Å². The van der Waals surface area contributed by atoms with Gasteiger partial charge in [0.2, 0.25) is 0 Å². The minimum Gasteiger partial charge on any atom is -0.466 e. The van der Waals surface area contributed by atoms with Crippen molar-refractivity contribution in [2.75, 3.05) is 26.5 Å². The maximum Gasteiger partial charge on any atom is 0.307 e. The number of esters is 1. The van der Waals surface area contributed by atoms with Gasteiger partial charge in [-0.25, -0.2) is 9.79 Å². The lowest BCUT2D eigenvalue weighted by Crippen LogP contribution is -2.27. The second-order valence-corrected chi connectivity index (χ2v) is 6.91. The van der Waals surface area contributed by atoms with E-state index in [1.807, 2.05) is 40.9 Å². The zero-order valence-corrected chi connectivity index (χ0v) is 16.4. The number of nitrogens with one attached hydrogen (secondary N) is 1. The summed E-state index contributed by atoms with van der Waals surface area (Å²) in [5.74, 6) is -0.223. The highest BCUT2D eigenvalue weighted by Gasteiger charge is 2.14. The Kier molecular flexibility index (Phi) is 11.4. The summed E-state index contributed by atoms with van der Waals surface area (Å²) in [6.45, 7) is 7.04. The molecule has 140 valence electrons. The van der Waals surface area contributed by atoms with E-state index >= 15 is 0 Å². The first-order chi connectivity index (χ1) is 12.0. The van der Waals surface area contributed by atoms with Gasteiger partial charge in [0.05, 0.1) is 18.1 Å². The largest absolute Gasteiger partial charge is 0.466 e. The van der Waals surface area contributed by atoms with Crippen LogP contribution in [-0.4, -0.2) is 41.2 Å². The smallest absolute Gasteiger partial charge is 0.307 e. The van der Waals surface area contributed by atoms with Gasteiger partial charge in [0.15, 0.2) is 0 Å². The number of hydroxylamine groups is 2. The molecule has 0 aliphatic carbocycles. The molecule has 0 spiro atoms. The molecule has 1 aromatic rings. The standard InChI is InChI=1S/C16H25N3O4S2/c1-5-21-16(20)11-12-19(13-15-9-7-6-8-10-15)25-18(3)23-22-17-14(2)24-4/h6-10,17H,2,5,11-13H2,1,3-4H3. The normalized spacial score (nSPS) is 10.9. The number of thioether (sulfide) groups is 1. The minimum absolute atomic E-state index is 0.223. The number of nitrogens with zero attached hydrogens (tertiary/aromatic N) is 2. The van der Waals surface area contributed by atoms with Crippen LogP contribution in [-0.2, 0) is 26.1 Å². The van der Waals surface area contributed by atoms with E-state index < -0.39 is 0 Å². The molecule has 0 amide bonds. The first-order valence-electron chi connectivity index (χ1n) is 7.74. The molecule has 0 aromatic heterocycles. The number of carbonyl (C=O) groups excluding carboxylic acids is 1. The molecule has 0 aliphatic rings. The summed E-state index contributed by atoms with van der Waals surface area (Å²) in [4.78, 5) is 21.6. The van der Waals surface area contributed by atoms with Crippen molar-refractivity contribution in [3.8, 4) is 0 Å². The van der Waals surface area contributed by atoms with Gasteiger partial charge in [0.25, 0.3) is 0 Å². The van der Waals surface area contributed by atoms with Crippen LogP contribution < -0.4 is 5.48 Å². The first-order valence-corrected chi connectivity index (χ1v) is 9.69. The molecule has 0 fully saturated rings. The summed E-state index contributed by atoms with van der Waals surface area (Å²) in [6, 6.07) is 9.97. The molecule has 1 aromatic carbocycles. The van der Waals surface area contributed by atoms with Gasteiger partial charge in [-0.15, -0.1) is 16.8 Å². The second kappa shape index (κ2) is 13.0. The molecule has 9 heteroatoms. The summed E-state index contributed by atoms with van der Waals surface area (Å²) in [6.07, 6.45) is 2.16. The van der Waals surface area contributed by atoms with Crippen LogP contribution in [0, 0.1) is 0 Å². The molecular weight excluding hydrogens is 362 g/mol. The first kappa shape index (κ1) is 21.8. The maximum absolute atomic E-state index is 11.6. The third kappa shape index (κ3) is 10.4. The number of benzene rings is 1. The van der Waals surface area contributed by atoms with Crippen LogP contribution in [0.2, 0.25) is 0 Å². The Balaban J connectivity index is 2.51. The van der Waals surface area contributed by atoms with Crippen LogP contribution in [0.15, 0.2) is 41.9 Å². The van der Waals surface area contributed by atoms with Gasteiger partial charge in [0.1, 0.15) is 0 Å². The number of rotatable bonds is 13. The molecular formula is C16H25N3O4S2. The molecule has 0 aliphatic heterocycles. The summed E-state index contributed by atoms with van der Waals surface area (Å²) in [5, 5.41) is 0.627. The molecule has 0 saturated heterocycles. The Morgan fingerprint density at radius 3 is 2.68 bits per heavy atom. The topological polar surface area (TPSA) is 63.3 Å². The maximum atomic E-state index is 11.6. The second-order valence-electron chi connectivity index (χ2n) is 4.81. The highest BCUT2D eigenvalue weighted by Crippen LogP contribution is 2.19. The summed E-state index contributed by atoms with van der Waals surface area (Å²) in [5.41, 5.74) is 3.68. The number of hydrogen-bond donors (Lipinski definition) is 1. The SMILES string of the molecule is C=C(NOON(C)SN(CCC(=O)OCC)Cc1ccccc1)SC. The fourth-order valence-electron chi connectivity index (χ4n) is 1.72. The van der Waals surface area contributed by atoms with Crippen LogP contribution in [0.1, 0.15) is 18.9 Å². The van der Waals surface area contributed by atoms with Crippen molar-refractivity contribution < 1.29 is 19.5 Å². The van der Waals surface area contributed by atoms with Gasteiger partial charge in [-0.1, -0.05) is 46.4 Å². The van der Waals surface area contributed by atoms with E-state index in [1.54, 1.807) is 14.0 Å². The molecule has 1 rings (SSSR count). The number of ether oxygens (including phenoxy) is 1. The van der Waals surface area contributed by atoms with E-state index in [9.17, 15) is 4.79 Å². The summed E-state index contributed by atoms with van der Waals surface area (Å²) < 4.78 is 8.41. The molecule has 0 heterocycles. The fraction of sp³-hybridized carbons (Fsp3) is 0.438. The van der Waals surface area contributed by atoms with Crippen LogP contribution in [0.3, 0.4) is 0 Å². The van der Waals surface area contributed by atoms with Crippen LogP contribution in [0.5, 0.6) is 0 Å². The van der Waals surface area contributed by atoms with Crippen molar-refractivity contribution >= 4 is 29.9 Å².